The van der Waals surface area contributed by atoms with Gasteiger partial charge in [-0.3, -0.25) is 0 Å². The SMILES string of the molecule is CO[C@H](C)CS(=O)(=O)NC1CCN(c2cc(C)ccc2F)CC1. The summed E-state index contributed by atoms with van der Waals surface area (Å²) in [6.07, 6.45) is 0.982. The molecule has 0 bridgehead atoms. The molecule has 1 aromatic carbocycles. The first-order valence-corrected chi connectivity index (χ1v) is 9.50. The fourth-order valence-electron chi connectivity index (χ4n) is 2.78. The van der Waals surface area contributed by atoms with Gasteiger partial charge >= 0.3 is 0 Å². The lowest BCUT2D eigenvalue weighted by Crippen LogP contribution is -2.46. The number of rotatable bonds is 6. The van der Waals surface area contributed by atoms with Crippen LogP contribution in [-0.2, 0) is 14.8 Å². The molecule has 0 spiro atoms. The Morgan fingerprint density at radius 2 is 2.04 bits per heavy atom. The van der Waals surface area contributed by atoms with E-state index in [1.54, 1.807) is 13.0 Å². The highest BCUT2D eigenvalue weighted by molar-refractivity contribution is 7.89. The fraction of sp³-hybridized carbons (Fsp3) is 0.625. The molecule has 1 aliphatic rings. The first kappa shape index (κ1) is 18.2. The molecule has 5 nitrogen and oxygen atoms in total. The normalized spacial score (nSPS) is 18.2. The number of sulfonamides is 1. The molecule has 1 aromatic rings. The largest absolute Gasteiger partial charge is 0.381 e. The van der Waals surface area contributed by atoms with Crippen molar-refractivity contribution >= 4 is 15.7 Å². The fourth-order valence-corrected chi connectivity index (χ4v) is 4.38. The molecule has 1 saturated heterocycles. The maximum Gasteiger partial charge on any atom is 0.214 e. The molecular formula is C16H25FN2O3S. The summed E-state index contributed by atoms with van der Waals surface area (Å²) in [4.78, 5) is 1.98. The summed E-state index contributed by atoms with van der Waals surface area (Å²) >= 11 is 0. The van der Waals surface area contributed by atoms with Gasteiger partial charge in [-0.25, -0.2) is 17.5 Å². The van der Waals surface area contributed by atoms with Crippen molar-refractivity contribution < 1.29 is 17.5 Å². The summed E-state index contributed by atoms with van der Waals surface area (Å²) < 4.78 is 45.8. The second-order valence-electron chi connectivity index (χ2n) is 6.16. The number of nitrogens with one attached hydrogen (secondary N) is 1. The quantitative estimate of drug-likeness (QED) is 0.858. The van der Waals surface area contributed by atoms with E-state index in [1.165, 1.54) is 13.2 Å². The highest BCUT2D eigenvalue weighted by atomic mass is 32.2. The molecule has 1 heterocycles. The zero-order chi connectivity index (χ0) is 17.0. The molecule has 23 heavy (non-hydrogen) atoms. The first-order valence-electron chi connectivity index (χ1n) is 7.84. The molecule has 0 radical (unpaired) electrons. The lowest BCUT2D eigenvalue weighted by Gasteiger charge is -2.34. The van der Waals surface area contributed by atoms with E-state index in [0.717, 1.165) is 5.56 Å². The number of halogens is 1. The van der Waals surface area contributed by atoms with Crippen LogP contribution in [-0.4, -0.2) is 46.5 Å². The maximum absolute atomic E-state index is 13.9. The summed E-state index contributed by atoms with van der Waals surface area (Å²) in [6.45, 7) is 4.92. The Labute approximate surface area is 137 Å². The second-order valence-corrected chi connectivity index (χ2v) is 7.96. The van der Waals surface area contributed by atoms with Crippen LogP contribution >= 0.6 is 0 Å². The van der Waals surface area contributed by atoms with E-state index in [4.69, 9.17) is 4.74 Å². The molecule has 1 aliphatic heterocycles. The van der Waals surface area contributed by atoms with Gasteiger partial charge in [-0.2, -0.15) is 0 Å². The van der Waals surface area contributed by atoms with Crippen molar-refractivity contribution in [3.8, 4) is 0 Å². The molecule has 7 heteroatoms. The van der Waals surface area contributed by atoms with Crippen LogP contribution in [0, 0.1) is 12.7 Å². The van der Waals surface area contributed by atoms with E-state index in [0.29, 0.717) is 31.6 Å². The van der Waals surface area contributed by atoms with E-state index >= 15 is 0 Å². The molecule has 0 unspecified atom stereocenters. The predicted octanol–water partition coefficient (Wildman–Crippen LogP) is 2.06. The topological polar surface area (TPSA) is 58.6 Å². The lowest BCUT2D eigenvalue weighted by atomic mass is 10.0. The number of hydrogen-bond donors (Lipinski definition) is 1. The van der Waals surface area contributed by atoms with Crippen molar-refractivity contribution in [3.63, 3.8) is 0 Å². The average Bonchev–Trinajstić information content (AvgIpc) is 2.49. The highest BCUT2D eigenvalue weighted by Crippen LogP contribution is 2.24. The van der Waals surface area contributed by atoms with Crippen LogP contribution in [0.1, 0.15) is 25.3 Å². The molecular weight excluding hydrogens is 319 g/mol. The Morgan fingerprint density at radius 3 is 2.65 bits per heavy atom. The number of nitrogens with zero attached hydrogens (tertiary/aromatic N) is 1. The summed E-state index contributed by atoms with van der Waals surface area (Å²) in [5, 5.41) is 0. The van der Waals surface area contributed by atoms with Crippen LogP contribution in [0.25, 0.3) is 0 Å². The number of benzene rings is 1. The average molecular weight is 344 g/mol. The van der Waals surface area contributed by atoms with Gasteiger partial charge in [-0.05, 0) is 44.4 Å². The van der Waals surface area contributed by atoms with Gasteiger partial charge in [0.25, 0.3) is 0 Å². The first-order chi connectivity index (χ1) is 10.8. The Bertz CT molecular complexity index is 628. The van der Waals surface area contributed by atoms with Gasteiger partial charge in [-0.15, -0.1) is 0 Å². The van der Waals surface area contributed by atoms with Crippen LogP contribution in [0.3, 0.4) is 0 Å². The molecule has 2 rings (SSSR count). The monoisotopic (exact) mass is 344 g/mol. The zero-order valence-corrected chi connectivity index (χ0v) is 14.7. The minimum Gasteiger partial charge on any atom is -0.381 e. The molecule has 0 saturated carbocycles. The van der Waals surface area contributed by atoms with Gasteiger partial charge in [0, 0.05) is 26.2 Å². The van der Waals surface area contributed by atoms with Crippen molar-refractivity contribution in [2.45, 2.75) is 38.8 Å². The van der Waals surface area contributed by atoms with E-state index in [2.05, 4.69) is 4.72 Å². The minimum absolute atomic E-state index is 0.0454. The van der Waals surface area contributed by atoms with Gasteiger partial charge in [0.15, 0.2) is 0 Å². The lowest BCUT2D eigenvalue weighted by molar-refractivity contribution is 0.136. The summed E-state index contributed by atoms with van der Waals surface area (Å²) in [5.41, 5.74) is 1.61. The molecule has 130 valence electrons. The summed E-state index contributed by atoms with van der Waals surface area (Å²) in [6, 6.07) is 4.95. The Hall–Kier alpha value is -1.18. The van der Waals surface area contributed by atoms with Crippen LogP contribution in [0.5, 0.6) is 0 Å². The van der Waals surface area contributed by atoms with Crippen molar-refractivity contribution in [1.29, 1.82) is 0 Å². The number of piperidine rings is 1. The molecule has 1 fully saturated rings. The van der Waals surface area contributed by atoms with E-state index in [9.17, 15) is 12.8 Å². The van der Waals surface area contributed by atoms with Crippen LogP contribution in [0.15, 0.2) is 18.2 Å². The summed E-state index contributed by atoms with van der Waals surface area (Å²) in [5.74, 6) is -0.278. The molecule has 0 aromatic heterocycles. The van der Waals surface area contributed by atoms with Gasteiger partial charge in [0.1, 0.15) is 5.82 Å². The third kappa shape index (κ3) is 5.16. The number of anilines is 1. The molecule has 0 aliphatic carbocycles. The number of methoxy groups -OCH3 is 1. The number of ether oxygens (including phenoxy) is 1. The molecule has 0 amide bonds. The van der Waals surface area contributed by atoms with Gasteiger partial charge in [0.2, 0.25) is 10.0 Å². The smallest absolute Gasteiger partial charge is 0.214 e. The van der Waals surface area contributed by atoms with Gasteiger partial charge in [-0.1, -0.05) is 6.07 Å². The number of aryl methyl sites for hydroxylation is 1. The Kier molecular flexibility index (Phi) is 6.00. The second kappa shape index (κ2) is 7.59. The Balaban J connectivity index is 1.92. The van der Waals surface area contributed by atoms with Crippen LogP contribution in [0.2, 0.25) is 0 Å². The summed E-state index contributed by atoms with van der Waals surface area (Å²) in [7, 11) is -1.86. The van der Waals surface area contributed by atoms with Gasteiger partial charge < -0.3 is 9.64 Å². The molecule has 1 atom stereocenters. The maximum atomic E-state index is 13.9. The van der Waals surface area contributed by atoms with Crippen molar-refractivity contribution in [1.82, 2.24) is 4.72 Å². The van der Waals surface area contributed by atoms with Crippen molar-refractivity contribution in [3.05, 3.63) is 29.6 Å². The van der Waals surface area contributed by atoms with Crippen LogP contribution < -0.4 is 9.62 Å². The van der Waals surface area contributed by atoms with Crippen molar-refractivity contribution in [2.75, 3.05) is 30.9 Å². The van der Waals surface area contributed by atoms with Crippen LogP contribution in [0.4, 0.5) is 10.1 Å². The van der Waals surface area contributed by atoms with E-state index in [1.807, 2.05) is 17.9 Å². The zero-order valence-electron chi connectivity index (χ0n) is 13.9. The van der Waals surface area contributed by atoms with E-state index in [-0.39, 0.29) is 23.7 Å². The Morgan fingerprint density at radius 1 is 1.39 bits per heavy atom. The third-order valence-electron chi connectivity index (χ3n) is 4.14. The predicted molar refractivity (Wildman–Crippen MR) is 89.8 cm³/mol. The van der Waals surface area contributed by atoms with Crippen molar-refractivity contribution in [2.24, 2.45) is 0 Å². The van der Waals surface area contributed by atoms with Gasteiger partial charge in [0.05, 0.1) is 17.5 Å². The number of hydrogen-bond acceptors (Lipinski definition) is 4. The van der Waals surface area contributed by atoms with E-state index < -0.39 is 10.0 Å². The molecule has 1 N–H and O–H groups in total. The minimum atomic E-state index is -3.36. The highest BCUT2D eigenvalue weighted by Gasteiger charge is 2.25. The standard InChI is InChI=1S/C16H25FN2O3S/c1-12-4-5-15(17)16(10-12)19-8-6-14(7-9-19)18-23(20,21)11-13(2)22-3/h4-5,10,13-14,18H,6-9,11H2,1-3H3/t13-/m1/s1. The third-order valence-corrected chi connectivity index (χ3v) is 5.74.